The molecule has 2 aromatic heterocycles. The molecule has 3 saturated heterocycles. The van der Waals surface area contributed by atoms with Crippen molar-refractivity contribution in [2.24, 2.45) is 11.8 Å². The zero-order valence-corrected chi connectivity index (χ0v) is 33.2. The maximum absolute atomic E-state index is 13.2. The highest BCUT2D eigenvalue weighted by Gasteiger charge is 2.45. The topological polar surface area (TPSA) is 120 Å². The Labute approximate surface area is 318 Å². The van der Waals surface area contributed by atoms with E-state index in [1.54, 1.807) is 0 Å². The van der Waals surface area contributed by atoms with Gasteiger partial charge in [0.25, 0.3) is 0 Å². The molecule has 6 atom stereocenters. The van der Waals surface area contributed by atoms with Crippen LogP contribution in [-0.4, -0.2) is 78.2 Å². The van der Waals surface area contributed by atoms with Gasteiger partial charge in [0.15, 0.2) is 0 Å². The fourth-order valence-corrected chi connectivity index (χ4v) is 9.26. The summed E-state index contributed by atoms with van der Waals surface area (Å²) in [4.78, 5) is 49.2. The SMILES string of the molecule is C[C@@H]1C[C@@H](c2ncc(-c3ccc(-c4ccc(-c5cnc([C@@H]6C[C@@H](C)CN6C(=O)OC(C)(C)C)[nH]5)c5c4C4CCC5N4C)cc3)[nH]2)N(C(=O)OC(C)(C)C)C1. The normalized spacial score (nSPS) is 25.4. The largest absolute Gasteiger partial charge is 0.444 e. The van der Waals surface area contributed by atoms with E-state index in [-0.39, 0.29) is 24.3 Å². The highest BCUT2D eigenvalue weighted by Crippen LogP contribution is 2.57. The van der Waals surface area contributed by atoms with Crippen LogP contribution >= 0.6 is 0 Å². The number of benzene rings is 2. The van der Waals surface area contributed by atoms with Gasteiger partial charge in [-0.1, -0.05) is 50.2 Å². The number of imidazole rings is 2. The van der Waals surface area contributed by atoms with Crippen molar-refractivity contribution >= 4 is 12.2 Å². The lowest BCUT2D eigenvalue weighted by molar-refractivity contribution is 0.0204. The second kappa shape index (κ2) is 13.3. The number of aromatic nitrogens is 4. The van der Waals surface area contributed by atoms with Crippen LogP contribution in [0.5, 0.6) is 0 Å². The number of H-pyrrole nitrogens is 2. The van der Waals surface area contributed by atoms with Crippen LogP contribution in [0.3, 0.4) is 0 Å². The highest BCUT2D eigenvalue weighted by molar-refractivity contribution is 5.80. The predicted molar refractivity (Wildman–Crippen MR) is 208 cm³/mol. The molecule has 6 heterocycles. The summed E-state index contributed by atoms with van der Waals surface area (Å²) in [5.74, 6) is 2.32. The summed E-state index contributed by atoms with van der Waals surface area (Å²) < 4.78 is 11.5. The van der Waals surface area contributed by atoms with E-state index in [9.17, 15) is 9.59 Å². The highest BCUT2D eigenvalue weighted by atomic mass is 16.6. The van der Waals surface area contributed by atoms with Crippen LogP contribution in [0, 0.1) is 11.8 Å². The van der Waals surface area contributed by atoms with Crippen LogP contribution in [0.2, 0.25) is 0 Å². The molecule has 8 rings (SSSR count). The lowest BCUT2D eigenvalue weighted by atomic mass is 9.82. The van der Waals surface area contributed by atoms with E-state index in [1.165, 1.54) is 27.8 Å². The van der Waals surface area contributed by atoms with Crippen LogP contribution in [-0.2, 0) is 9.47 Å². The molecule has 54 heavy (non-hydrogen) atoms. The third kappa shape index (κ3) is 6.69. The first kappa shape index (κ1) is 36.3. The Bertz CT molecular complexity index is 2050. The molecule has 2 aromatic carbocycles. The first-order valence-electron chi connectivity index (χ1n) is 19.6. The summed E-state index contributed by atoms with van der Waals surface area (Å²) >= 11 is 0. The minimum Gasteiger partial charge on any atom is -0.444 e. The van der Waals surface area contributed by atoms with E-state index >= 15 is 0 Å². The Balaban J connectivity index is 1.06. The summed E-state index contributed by atoms with van der Waals surface area (Å²) in [6.07, 6.45) is 7.19. The van der Waals surface area contributed by atoms with Crippen LogP contribution < -0.4 is 0 Å². The molecule has 11 heteroatoms. The van der Waals surface area contributed by atoms with E-state index < -0.39 is 11.2 Å². The fraction of sp³-hybridized carbons (Fsp3) is 0.535. The number of amides is 2. The van der Waals surface area contributed by atoms with Crippen molar-refractivity contribution in [2.45, 2.75) is 116 Å². The first-order valence-corrected chi connectivity index (χ1v) is 19.6. The number of carbonyl (C=O) groups excluding carboxylic acids is 2. The number of aromatic amines is 2. The molecule has 0 spiro atoms. The third-order valence-electron chi connectivity index (χ3n) is 11.5. The van der Waals surface area contributed by atoms with Crippen molar-refractivity contribution in [3.63, 3.8) is 0 Å². The first-order chi connectivity index (χ1) is 25.5. The van der Waals surface area contributed by atoms with E-state index in [1.807, 2.05) is 63.7 Å². The van der Waals surface area contributed by atoms with Gasteiger partial charge in [0.05, 0.1) is 35.9 Å². The average Bonchev–Trinajstić information content (AvgIpc) is 3.95. The van der Waals surface area contributed by atoms with Crippen molar-refractivity contribution in [2.75, 3.05) is 20.1 Å². The summed E-state index contributed by atoms with van der Waals surface area (Å²) in [5, 5.41) is 0. The van der Waals surface area contributed by atoms with Gasteiger partial charge in [-0.15, -0.1) is 0 Å². The van der Waals surface area contributed by atoms with Gasteiger partial charge in [-0.05, 0) is 114 Å². The molecule has 0 aliphatic carbocycles. The molecule has 3 fully saturated rings. The van der Waals surface area contributed by atoms with E-state index in [2.05, 4.69) is 72.2 Å². The van der Waals surface area contributed by atoms with E-state index in [4.69, 9.17) is 19.4 Å². The van der Waals surface area contributed by atoms with Crippen molar-refractivity contribution < 1.29 is 19.1 Å². The van der Waals surface area contributed by atoms with E-state index in [0.29, 0.717) is 37.0 Å². The molecule has 4 aliphatic rings. The molecule has 4 aliphatic heterocycles. The van der Waals surface area contributed by atoms with Crippen molar-refractivity contribution in [1.29, 1.82) is 0 Å². The maximum atomic E-state index is 13.2. The van der Waals surface area contributed by atoms with Gasteiger partial charge in [-0.3, -0.25) is 14.7 Å². The van der Waals surface area contributed by atoms with Crippen LogP contribution in [0.25, 0.3) is 33.6 Å². The van der Waals surface area contributed by atoms with E-state index in [0.717, 1.165) is 54.3 Å². The monoisotopic (exact) mass is 733 g/mol. The van der Waals surface area contributed by atoms with Gasteiger partial charge in [0, 0.05) is 30.7 Å². The second-order valence-electron chi connectivity index (χ2n) is 18.2. The minimum atomic E-state index is -0.556. The van der Waals surface area contributed by atoms with Gasteiger partial charge in [-0.2, -0.15) is 0 Å². The standard InChI is InChI=1S/C43H55N7O4/c1-24-18-34(49(22-24)40(51)53-42(3,4)5)38-44-20-30(46-38)27-12-10-26(11-13-27)28-14-15-29(37-33-17-16-32(36(28)37)48(33)9)31-21-45-39(47-31)35-19-25(2)23-50(35)41(52)54-43(6,7)8/h10-15,20-21,24-25,32-35H,16-19,22-23H2,1-9H3,(H,44,46)(H,45,47)/t24-,25-,32?,33?,34+,35+/m1/s1. The molecule has 0 saturated carbocycles. The number of ether oxygens (including phenoxy) is 2. The average molecular weight is 734 g/mol. The number of nitrogens with one attached hydrogen (secondary N) is 2. The fourth-order valence-electron chi connectivity index (χ4n) is 9.26. The summed E-state index contributed by atoms with van der Waals surface area (Å²) in [7, 11) is 2.25. The van der Waals surface area contributed by atoms with Crippen molar-refractivity contribution in [3.05, 3.63) is 71.6 Å². The lowest BCUT2D eigenvalue weighted by Gasteiger charge is -2.27. The lowest BCUT2D eigenvalue weighted by Crippen LogP contribution is -2.37. The molecular formula is C43H55N7O4. The van der Waals surface area contributed by atoms with Crippen molar-refractivity contribution in [3.8, 4) is 33.6 Å². The molecular weight excluding hydrogens is 679 g/mol. The maximum Gasteiger partial charge on any atom is 0.410 e. The van der Waals surface area contributed by atoms with Gasteiger partial charge < -0.3 is 19.4 Å². The Morgan fingerprint density at radius 1 is 0.648 bits per heavy atom. The van der Waals surface area contributed by atoms with Crippen molar-refractivity contribution in [1.82, 2.24) is 34.6 Å². The predicted octanol–water partition coefficient (Wildman–Crippen LogP) is 9.59. The Morgan fingerprint density at radius 2 is 1.09 bits per heavy atom. The smallest absolute Gasteiger partial charge is 0.410 e. The number of rotatable bonds is 5. The summed E-state index contributed by atoms with van der Waals surface area (Å²) in [5.41, 5.74) is 8.27. The van der Waals surface area contributed by atoms with Crippen LogP contribution in [0.4, 0.5) is 9.59 Å². The van der Waals surface area contributed by atoms with Gasteiger partial charge >= 0.3 is 12.2 Å². The Morgan fingerprint density at radius 3 is 1.61 bits per heavy atom. The zero-order valence-electron chi connectivity index (χ0n) is 33.2. The number of hydrogen-bond donors (Lipinski definition) is 2. The molecule has 4 aromatic rings. The van der Waals surface area contributed by atoms with Gasteiger partial charge in [-0.25, -0.2) is 19.6 Å². The molecule has 2 unspecified atom stereocenters. The molecule has 2 amide bonds. The Kier molecular flexibility index (Phi) is 8.94. The second-order valence-corrected chi connectivity index (χ2v) is 18.2. The minimum absolute atomic E-state index is 0.145. The number of hydrogen-bond acceptors (Lipinski definition) is 7. The van der Waals surface area contributed by atoms with Gasteiger partial charge in [0.2, 0.25) is 0 Å². The zero-order chi connectivity index (χ0) is 38.3. The molecule has 2 bridgehead atoms. The summed E-state index contributed by atoms with van der Waals surface area (Å²) in [6.45, 7) is 17.1. The molecule has 286 valence electrons. The molecule has 0 radical (unpaired) electrons. The third-order valence-corrected chi connectivity index (χ3v) is 11.5. The van der Waals surface area contributed by atoms with Crippen LogP contribution in [0.1, 0.15) is 128 Å². The van der Waals surface area contributed by atoms with Crippen LogP contribution in [0.15, 0.2) is 48.8 Å². The number of fused-ring (bicyclic) bond motifs is 5. The molecule has 11 nitrogen and oxygen atoms in total. The number of likely N-dealkylation sites (tertiary alicyclic amines) is 2. The number of carbonyl (C=O) groups is 2. The Hall–Kier alpha value is -4.64. The quantitative estimate of drug-likeness (QED) is 0.210. The molecule has 2 N–H and O–H groups in total. The number of nitrogens with zero attached hydrogens (tertiary/aromatic N) is 5. The van der Waals surface area contributed by atoms with Gasteiger partial charge in [0.1, 0.15) is 22.9 Å². The summed E-state index contributed by atoms with van der Waals surface area (Å²) in [6, 6.07) is 13.7.